The molecule has 4 nitrogen and oxygen atoms in total. The topological polar surface area (TPSA) is 47.9 Å². The maximum Gasteiger partial charge on any atom is 0.361 e. The van der Waals surface area contributed by atoms with Crippen molar-refractivity contribution in [1.82, 2.24) is 0 Å². The van der Waals surface area contributed by atoms with Gasteiger partial charge >= 0.3 is 5.97 Å². The molecule has 0 aliphatic rings. The van der Waals surface area contributed by atoms with Crippen molar-refractivity contribution in [3.63, 3.8) is 0 Å². The highest BCUT2D eigenvalue weighted by Crippen LogP contribution is 2.13. The Morgan fingerprint density at radius 3 is 2.53 bits per heavy atom. The molecular weight excluding hydrogens is 286 g/mol. The average Bonchev–Trinajstić information content (AvgIpc) is 2.32. The number of oxime groups is 1. The lowest BCUT2D eigenvalue weighted by atomic mass is 10.2. The Kier molecular flexibility index (Phi) is 5.69. The molecule has 0 aromatic heterocycles. The van der Waals surface area contributed by atoms with Crippen LogP contribution >= 0.6 is 15.9 Å². The second kappa shape index (κ2) is 7.06. The summed E-state index contributed by atoms with van der Waals surface area (Å²) < 4.78 is 5.10. The molecule has 1 rings (SSSR count). The molecule has 0 saturated carbocycles. The number of esters is 1. The Hall–Kier alpha value is -1.36. The number of hydrogen-bond donors (Lipinski definition) is 0. The number of ether oxygens (including phenoxy) is 1. The number of rotatable bonds is 5. The van der Waals surface area contributed by atoms with Crippen molar-refractivity contribution < 1.29 is 14.4 Å². The third-order valence-electron chi connectivity index (χ3n) is 2.04. The molecule has 0 aliphatic carbocycles. The van der Waals surface area contributed by atoms with E-state index in [0.717, 1.165) is 11.8 Å². The first-order valence-corrected chi connectivity index (χ1v) is 6.24. The molecule has 0 radical (unpaired) electrons. The Morgan fingerprint density at radius 2 is 2.00 bits per heavy atom. The van der Waals surface area contributed by atoms with E-state index in [2.05, 4.69) is 25.9 Å². The SMILES string of the molecule is CON=C(C)C(=O)Oc1ccc(CCBr)cc1. The van der Waals surface area contributed by atoms with Crippen LogP contribution in [0.3, 0.4) is 0 Å². The largest absolute Gasteiger partial charge is 0.422 e. The smallest absolute Gasteiger partial charge is 0.361 e. The standard InChI is InChI=1S/C12H14BrNO3/c1-9(14-16-2)12(15)17-11-5-3-10(4-6-11)7-8-13/h3-6H,7-8H2,1-2H3. The Balaban J connectivity index is 2.63. The first-order chi connectivity index (χ1) is 8.17. The molecule has 0 amide bonds. The van der Waals surface area contributed by atoms with Crippen LogP contribution in [0.5, 0.6) is 5.75 Å². The van der Waals surface area contributed by atoms with E-state index < -0.39 is 5.97 Å². The van der Waals surface area contributed by atoms with Crippen LogP contribution in [0.25, 0.3) is 0 Å². The second-order valence-electron chi connectivity index (χ2n) is 3.33. The number of nitrogens with zero attached hydrogens (tertiary/aromatic N) is 1. The molecule has 1 aromatic carbocycles. The molecule has 0 saturated heterocycles. The van der Waals surface area contributed by atoms with E-state index >= 15 is 0 Å². The Labute approximate surface area is 109 Å². The molecule has 92 valence electrons. The molecule has 0 heterocycles. The minimum Gasteiger partial charge on any atom is -0.422 e. The minimum atomic E-state index is -0.514. The predicted octanol–water partition coefficient (Wildman–Crippen LogP) is 2.55. The highest BCUT2D eigenvalue weighted by molar-refractivity contribution is 9.09. The lowest BCUT2D eigenvalue weighted by Gasteiger charge is -2.04. The van der Waals surface area contributed by atoms with Crippen LogP contribution in [0.1, 0.15) is 12.5 Å². The van der Waals surface area contributed by atoms with E-state index in [1.807, 2.05) is 12.1 Å². The molecule has 0 unspecified atom stereocenters. The fourth-order valence-corrected chi connectivity index (χ4v) is 1.65. The molecule has 0 aliphatic heterocycles. The molecule has 5 heteroatoms. The van der Waals surface area contributed by atoms with E-state index in [9.17, 15) is 4.79 Å². The normalized spacial score (nSPS) is 11.1. The van der Waals surface area contributed by atoms with Crippen molar-refractivity contribution in [1.29, 1.82) is 0 Å². The van der Waals surface area contributed by atoms with Gasteiger partial charge in [-0.15, -0.1) is 0 Å². The lowest BCUT2D eigenvalue weighted by molar-refractivity contribution is -0.127. The summed E-state index contributed by atoms with van der Waals surface area (Å²) in [5.41, 5.74) is 1.36. The predicted molar refractivity (Wildman–Crippen MR) is 69.7 cm³/mol. The third-order valence-corrected chi connectivity index (χ3v) is 2.44. The minimum absolute atomic E-state index is 0.178. The molecular formula is C12H14BrNO3. The van der Waals surface area contributed by atoms with E-state index in [1.165, 1.54) is 19.6 Å². The summed E-state index contributed by atoms with van der Waals surface area (Å²) in [6, 6.07) is 7.37. The van der Waals surface area contributed by atoms with Gasteiger partial charge in [0, 0.05) is 5.33 Å². The van der Waals surface area contributed by atoms with Gasteiger partial charge in [-0.2, -0.15) is 0 Å². The first-order valence-electron chi connectivity index (χ1n) is 5.12. The highest BCUT2D eigenvalue weighted by atomic mass is 79.9. The van der Waals surface area contributed by atoms with Crippen molar-refractivity contribution in [2.24, 2.45) is 5.16 Å². The summed E-state index contributed by atoms with van der Waals surface area (Å²) in [5.74, 6) is -0.0148. The summed E-state index contributed by atoms with van der Waals surface area (Å²) in [6.45, 7) is 1.53. The Bertz CT molecular complexity index is 401. The molecule has 0 N–H and O–H groups in total. The van der Waals surface area contributed by atoms with Crippen LogP contribution in [0, 0.1) is 0 Å². The van der Waals surface area contributed by atoms with E-state index in [4.69, 9.17) is 4.74 Å². The van der Waals surface area contributed by atoms with E-state index in [-0.39, 0.29) is 5.71 Å². The lowest BCUT2D eigenvalue weighted by Crippen LogP contribution is -2.17. The van der Waals surface area contributed by atoms with Crippen molar-refractivity contribution in [3.05, 3.63) is 29.8 Å². The first kappa shape index (κ1) is 13.7. The van der Waals surface area contributed by atoms with Crippen LogP contribution in [-0.2, 0) is 16.1 Å². The van der Waals surface area contributed by atoms with Gasteiger partial charge in [0.15, 0.2) is 5.71 Å². The fraction of sp³-hybridized carbons (Fsp3) is 0.333. The summed E-state index contributed by atoms with van der Waals surface area (Å²) in [5, 5.41) is 4.41. The molecule has 17 heavy (non-hydrogen) atoms. The van der Waals surface area contributed by atoms with Crippen molar-refractivity contribution in [3.8, 4) is 5.75 Å². The number of hydrogen-bond acceptors (Lipinski definition) is 4. The quantitative estimate of drug-likeness (QED) is 0.276. The number of benzene rings is 1. The zero-order chi connectivity index (χ0) is 12.7. The second-order valence-corrected chi connectivity index (χ2v) is 4.12. The van der Waals surface area contributed by atoms with Crippen molar-refractivity contribution >= 4 is 27.6 Å². The number of aryl methyl sites for hydroxylation is 1. The van der Waals surface area contributed by atoms with Crippen LogP contribution in [0.15, 0.2) is 29.4 Å². The van der Waals surface area contributed by atoms with Gasteiger partial charge in [-0.05, 0) is 31.0 Å². The average molecular weight is 300 g/mol. The van der Waals surface area contributed by atoms with Gasteiger partial charge in [0.1, 0.15) is 12.9 Å². The van der Waals surface area contributed by atoms with Gasteiger partial charge in [-0.1, -0.05) is 33.2 Å². The van der Waals surface area contributed by atoms with Crippen LogP contribution in [0.2, 0.25) is 0 Å². The van der Waals surface area contributed by atoms with E-state index in [1.54, 1.807) is 12.1 Å². The molecule has 1 aromatic rings. The third kappa shape index (κ3) is 4.56. The molecule has 0 spiro atoms. The molecule has 0 fully saturated rings. The monoisotopic (exact) mass is 299 g/mol. The van der Waals surface area contributed by atoms with Crippen LogP contribution < -0.4 is 4.74 Å². The summed E-state index contributed by atoms with van der Waals surface area (Å²) in [7, 11) is 1.38. The maximum absolute atomic E-state index is 11.5. The van der Waals surface area contributed by atoms with Gasteiger partial charge in [0.25, 0.3) is 0 Å². The summed E-state index contributed by atoms with van der Waals surface area (Å²) >= 11 is 3.37. The van der Waals surface area contributed by atoms with Gasteiger partial charge in [0.2, 0.25) is 0 Å². The van der Waals surface area contributed by atoms with Crippen molar-refractivity contribution in [2.75, 3.05) is 12.4 Å². The zero-order valence-corrected chi connectivity index (χ0v) is 11.4. The molecule has 0 atom stereocenters. The maximum atomic E-state index is 11.5. The number of halogens is 1. The van der Waals surface area contributed by atoms with E-state index in [0.29, 0.717) is 5.75 Å². The van der Waals surface area contributed by atoms with Gasteiger partial charge in [-0.3, -0.25) is 0 Å². The molecule has 0 bridgehead atoms. The van der Waals surface area contributed by atoms with Crippen molar-refractivity contribution in [2.45, 2.75) is 13.3 Å². The number of alkyl halides is 1. The number of carbonyl (C=O) groups excluding carboxylic acids is 1. The van der Waals surface area contributed by atoms with Gasteiger partial charge in [0.05, 0.1) is 0 Å². The summed E-state index contributed by atoms with van der Waals surface area (Å²) in [6.07, 6.45) is 0.943. The van der Waals surface area contributed by atoms with Crippen LogP contribution in [0.4, 0.5) is 0 Å². The fourth-order valence-electron chi connectivity index (χ4n) is 1.19. The summed E-state index contributed by atoms with van der Waals surface area (Å²) in [4.78, 5) is 16.0. The van der Waals surface area contributed by atoms with Gasteiger partial charge in [-0.25, -0.2) is 4.79 Å². The van der Waals surface area contributed by atoms with Gasteiger partial charge < -0.3 is 9.57 Å². The number of carbonyl (C=O) groups is 1. The Morgan fingerprint density at radius 1 is 1.35 bits per heavy atom. The highest BCUT2D eigenvalue weighted by Gasteiger charge is 2.09. The van der Waals surface area contributed by atoms with Crippen LogP contribution in [-0.4, -0.2) is 24.1 Å². The zero-order valence-electron chi connectivity index (χ0n) is 9.77.